The largest absolute Gasteiger partial charge is 0.355 e. The van der Waals surface area contributed by atoms with Crippen LogP contribution in [0.3, 0.4) is 0 Å². The van der Waals surface area contributed by atoms with Gasteiger partial charge in [0, 0.05) is 45.0 Å². The van der Waals surface area contributed by atoms with Gasteiger partial charge in [0.2, 0.25) is 0 Å². The molecule has 0 atom stereocenters. The molecule has 124 valence electrons. The molecule has 6 heteroatoms. The maximum absolute atomic E-state index is 5.78. The predicted octanol–water partition coefficient (Wildman–Crippen LogP) is 2.52. The fourth-order valence-electron chi connectivity index (χ4n) is 2.33. The molecule has 1 heterocycles. The number of hydrogen-bond acceptors (Lipinski definition) is 3. The smallest absolute Gasteiger partial charge is 0.191 e. The Morgan fingerprint density at radius 1 is 1.23 bits per heavy atom. The normalized spacial score (nSPS) is 12.3. The fraction of sp³-hybridized carbons (Fsp3) is 0.625. The van der Waals surface area contributed by atoms with Gasteiger partial charge in [-0.15, -0.1) is 0 Å². The molecule has 0 spiro atoms. The second kappa shape index (κ2) is 9.64. The SMILES string of the molecule is CN=C(NCCN(C(C)C)C(C)C)NCc1ccc(Cl)nc1. The molecular formula is C16H28ClN5. The van der Waals surface area contributed by atoms with Crippen molar-refractivity contribution in [3.05, 3.63) is 29.0 Å². The van der Waals surface area contributed by atoms with Gasteiger partial charge < -0.3 is 10.6 Å². The molecule has 0 aliphatic heterocycles. The Bertz CT molecular complexity index is 448. The molecule has 0 aromatic carbocycles. The maximum atomic E-state index is 5.78. The first kappa shape index (κ1) is 18.7. The molecule has 5 nitrogen and oxygen atoms in total. The van der Waals surface area contributed by atoms with E-state index in [4.69, 9.17) is 11.6 Å². The Morgan fingerprint density at radius 3 is 2.41 bits per heavy atom. The summed E-state index contributed by atoms with van der Waals surface area (Å²) in [6, 6.07) is 4.82. The molecule has 0 radical (unpaired) electrons. The van der Waals surface area contributed by atoms with Crippen molar-refractivity contribution in [2.45, 2.75) is 46.3 Å². The first-order valence-electron chi connectivity index (χ1n) is 7.74. The van der Waals surface area contributed by atoms with Crippen LogP contribution < -0.4 is 10.6 Å². The molecule has 0 saturated carbocycles. The number of hydrogen-bond donors (Lipinski definition) is 2. The van der Waals surface area contributed by atoms with E-state index in [0.29, 0.717) is 23.8 Å². The highest BCUT2D eigenvalue weighted by Gasteiger charge is 2.12. The average Bonchev–Trinajstić information content (AvgIpc) is 2.47. The van der Waals surface area contributed by atoms with Crippen LogP contribution in [0, 0.1) is 0 Å². The van der Waals surface area contributed by atoms with Gasteiger partial charge in [-0.2, -0.15) is 0 Å². The summed E-state index contributed by atoms with van der Waals surface area (Å²) in [6.45, 7) is 11.4. The Labute approximate surface area is 139 Å². The molecule has 1 rings (SSSR count). The van der Waals surface area contributed by atoms with Crippen LogP contribution in [0.15, 0.2) is 23.3 Å². The Morgan fingerprint density at radius 2 is 1.91 bits per heavy atom. The van der Waals surface area contributed by atoms with E-state index in [1.807, 2.05) is 6.07 Å². The van der Waals surface area contributed by atoms with Crippen molar-refractivity contribution in [2.75, 3.05) is 20.1 Å². The van der Waals surface area contributed by atoms with Crippen molar-refractivity contribution in [2.24, 2.45) is 4.99 Å². The number of pyridine rings is 1. The fourth-order valence-corrected chi connectivity index (χ4v) is 2.45. The third kappa shape index (κ3) is 6.62. The molecule has 22 heavy (non-hydrogen) atoms. The summed E-state index contributed by atoms with van der Waals surface area (Å²) < 4.78 is 0. The number of nitrogens with one attached hydrogen (secondary N) is 2. The molecule has 0 amide bonds. The summed E-state index contributed by atoms with van der Waals surface area (Å²) in [7, 11) is 1.78. The van der Waals surface area contributed by atoms with Gasteiger partial charge in [-0.05, 0) is 39.3 Å². The lowest BCUT2D eigenvalue weighted by Crippen LogP contribution is -2.45. The van der Waals surface area contributed by atoms with Crippen LogP contribution in [0.4, 0.5) is 0 Å². The van der Waals surface area contributed by atoms with Gasteiger partial charge in [-0.3, -0.25) is 9.89 Å². The van der Waals surface area contributed by atoms with Crippen molar-refractivity contribution < 1.29 is 0 Å². The van der Waals surface area contributed by atoms with Crippen molar-refractivity contribution in [3.8, 4) is 0 Å². The Hall–Kier alpha value is -1.33. The highest BCUT2D eigenvalue weighted by atomic mass is 35.5. The van der Waals surface area contributed by atoms with E-state index in [1.54, 1.807) is 19.3 Å². The first-order valence-corrected chi connectivity index (χ1v) is 8.12. The standard InChI is InChI=1S/C16H28ClN5/c1-12(2)22(13(3)4)9-8-19-16(18-5)21-11-14-6-7-15(17)20-10-14/h6-7,10,12-13H,8-9,11H2,1-5H3,(H2,18,19,21). The molecule has 0 saturated heterocycles. The van der Waals surface area contributed by atoms with Gasteiger partial charge in [0.1, 0.15) is 5.15 Å². The van der Waals surface area contributed by atoms with Crippen LogP contribution >= 0.6 is 11.6 Å². The van der Waals surface area contributed by atoms with Crippen molar-refractivity contribution in [1.82, 2.24) is 20.5 Å². The Balaban J connectivity index is 2.38. The summed E-state index contributed by atoms with van der Waals surface area (Å²) in [5.41, 5.74) is 1.07. The monoisotopic (exact) mass is 325 g/mol. The van der Waals surface area contributed by atoms with Crippen LogP contribution in [0.5, 0.6) is 0 Å². The summed E-state index contributed by atoms with van der Waals surface area (Å²) >= 11 is 5.78. The molecule has 0 fully saturated rings. The number of halogens is 1. The highest BCUT2D eigenvalue weighted by molar-refractivity contribution is 6.29. The third-order valence-corrected chi connectivity index (χ3v) is 3.68. The molecule has 1 aromatic rings. The van der Waals surface area contributed by atoms with E-state index in [2.05, 4.69) is 53.2 Å². The van der Waals surface area contributed by atoms with Gasteiger partial charge in [0.15, 0.2) is 5.96 Å². The second-order valence-electron chi connectivity index (χ2n) is 5.77. The van der Waals surface area contributed by atoms with Crippen LogP contribution in [0.1, 0.15) is 33.3 Å². The minimum Gasteiger partial charge on any atom is -0.355 e. The van der Waals surface area contributed by atoms with Crippen LogP contribution in [-0.4, -0.2) is 48.1 Å². The Kier molecular flexibility index (Phi) is 8.20. The number of guanidine groups is 1. The number of aromatic nitrogens is 1. The topological polar surface area (TPSA) is 52.6 Å². The van der Waals surface area contributed by atoms with Crippen molar-refractivity contribution in [1.29, 1.82) is 0 Å². The van der Waals surface area contributed by atoms with Gasteiger partial charge in [-0.1, -0.05) is 17.7 Å². The van der Waals surface area contributed by atoms with Crippen LogP contribution in [-0.2, 0) is 6.54 Å². The minimum atomic E-state index is 0.508. The number of aliphatic imine (C=N–C) groups is 1. The summed E-state index contributed by atoms with van der Waals surface area (Å²) in [5.74, 6) is 0.794. The quantitative estimate of drug-likeness (QED) is 0.459. The molecule has 0 unspecified atom stereocenters. The average molecular weight is 326 g/mol. The zero-order valence-electron chi connectivity index (χ0n) is 14.2. The van der Waals surface area contributed by atoms with Crippen molar-refractivity contribution >= 4 is 17.6 Å². The van der Waals surface area contributed by atoms with Gasteiger partial charge in [-0.25, -0.2) is 4.98 Å². The lowest BCUT2D eigenvalue weighted by molar-refractivity contribution is 0.178. The first-order chi connectivity index (χ1) is 10.4. The lowest BCUT2D eigenvalue weighted by atomic mass is 10.2. The zero-order valence-corrected chi connectivity index (χ0v) is 15.0. The summed E-state index contributed by atoms with van der Waals surface area (Å²) in [5, 5.41) is 7.12. The number of rotatable bonds is 7. The van der Waals surface area contributed by atoms with E-state index < -0.39 is 0 Å². The molecule has 0 aliphatic rings. The van der Waals surface area contributed by atoms with Gasteiger partial charge in [0.25, 0.3) is 0 Å². The zero-order chi connectivity index (χ0) is 16.5. The predicted molar refractivity (Wildman–Crippen MR) is 94.4 cm³/mol. The third-order valence-electron chi connectivity index (χ3n) is 3.46. The second-order valence-corrected chi connectivity index (χ2v) is 6.15. The molecular weight excluding hydrogens is 298 g/mol. The van der Waals surface area contributed by atoms with Crippen LogP contribution in [0.2, 0.25) is 5.15 Å². The number of nitrogens with zero attached hydrogens (tertiary/aromatic N) is 3. The molecule has 0 bridgehead atoms. The summed E-state index contributed by atoms with van der Waals surface area (Å²) in [6.07, 6.45) is 1.77. The van der Waals surface area contributed by atoms with E-state index in [1.165, 1.54) is 0 Å². The van der Waals surface area contributed by atoms with Gasteiger partial charge in [0.05, 0.1) is 0 Å². The van der Waals surface area contributed by atoms with Crippen molar-refractivity contribution in [3.63, 3.8) is 0 Å². The van der Waals surface area contributed by atoms with E-state index in [9.17, 15) is 0 Å². The van der Waals surface area contributed by atoms with Gasteiger partial charge >= 0.3 is 0 Å². The molecule has 2 N–H and O–H groups in total. The highest BCUT2D eigenvalue weighted by Crippen LogP contribution is 2.05. The summed E-state index contributed by atoms with van der Waals surface area (Å²) in [4.78, 5) is 10.8. The molecule has 1 aromatic heterocycles. The molecule has 0 aliphatic carbocycles. The lowest BCUT2D eigenvalue weighted by Gasteiger charge is -2.30. The maximum Gasteiger partial charge on any atom is 0.191 e. The van der Waals surface area contributed by atoms with Crippen LogP contribution in [0.25, 0.3) is 0 Å². The van der Waals surface area contributed by atoms with E-state index in [0.717, 1.165) is 24.6 Å². The minimum absolute atomic E-state index is 0.508. The van der Waals surface area contributed by atoms with E-state index >= 15 is 0 Å². The van der Waals surface area contributed by atoms with E-state index in [-0.39, 0.29) is 0 Å².